The number of rotatable bonds is 7. The topological polar surface area (TPSA) is 12.5 Å². The van der Waals surface area contributed by atoms with Crippen molar-refractivity contribution in [1.82, 2.24) is 4.90 Å². The number of hydrogen-bond donors (Lipinski definition) is 0. The van der Waals surface area contributed by atoms with Crippen LogP contribution >= 0.6 is 0 Å². The SMILES string of the molecule is CCN(CC)CCOCc1cccc(C)c1. The molecule has 1 aromatic carbocycles. The van der Waals surface area contributed by atoms with Gasteiger partial charge in [-0.3, -0.25) is 0 Å². The van der Waals surface area contributed by atoms with Crippen LogP contribution in [-0.4, -0.2) is 31.1 Å². The van der Waals surface area contributed by atoms with E-state index in [0.29, 0.717) is 0 Å². The lowest BCUT2D eigenvalue weighted by Gasteiger charge is -2.17. The Morgan fingerprint density at radius 3 is 2.56 bits per heavy atom. The maximum Gasteiger partial charge on any atom is 0.0717 e. The molecule has 0 heterocycles. The molecule has 0 bridgehead atoms. The summed E-state index contributed by atoms with van der Waals surface area (Å²) in [7, 11) is 0. The molecule has 0 fully saturated rings. The lowest BCUT2D eigenvalue weighted by atomic mass is 10.1. The number of aryl methyl sites for hydroxylation is 1. The van der Waals surface area contributed by atoms with E-state index >= 15 is 0 Å². The first-order chi connectivity index (χ1) is 7.76. The lowest BCUT2D eigenvalue weighted by Crippen LogP contribution is -2.26. The first-order valence-electron chi connectivity index (χ1n) is 6.12. The van der Waals surface area contributed by atoms with Crippen molar-refractivity contribution >= 4 is 0 Å². The maximum absolute atomic E-state index is 5.67. The first-order valence-corrected chi connectivity index (χ1v) is 6.12. The highest BCUT2D eigenvalue weighted by Gasteiger charge is 1.98. The fraction of sp³-hybridized carbons (Fsp3) is 0.571. The van der Waals surface area contributed by atoms with E-state index in [1.54, 1.807) is 0 Å². The van der Waals surface area contributed by atoms with E-state index < -0.39 is 0 Å². The third-order valence-electron chi connectivity index (χ3n) is 2.80. The minimum absolute atomic E-state index is 0.725. The maximum atomic E-state index is 5.67. The van der Waals surface area contributed by atoms with Crippen LogP contribution in [0.2, 0.25) is 0 Å². The fourth-order valence-electron chi connectivity index (χ4n) is 1.73. The van der Waals surface area contributed by atoms with E-state index in [2.05, 4.69) is 49.9 Å². The molecule has 0 radical (unpaired) electrons. The van der Waals surface area contributed by atoms with Crippen molar-refractivity contribution in [3.05, 3.63) is 35.4 Å². The molecule has 0 aliphatic rings. The molecule has 0 aliphatic heterocycles. The zero-order valence-corrected chi connectivity index (χ0v) is 10.7. The molecule has 0 N–H and O–H groups in total. The van der Waals surface area contributed by atoms with Crippen LogP contribution in [-0.2, 0) is 11.3 Å². The van der Waals surface area contributed by atoms with Gasteiger partial charge in [0.1, 0.15) is 0 Å². The second kappa shape index (κ2) is 7.42. The molecule has 0 aromatic heterocycles. The van der Waals surface area contributed by atoms with Crippen molar-refractivity contribution in [2.75, 3.05) is 26.2 Å². The zero-order chi connectivity index (χ0) is 11.8. The van der Waals surface area contributed by atoms with Gasteiger partial charge in [0, 0.05) is 6.54 Å². The highest BCUT2D eigenvalue weighted by Crippen LogP contribution is 2.05. The predicted molar refractivity (Wildman–Crippen MR) is 68.6 cm³/mol. The highest BCUT2D eigenvalue weighted by molar-refractivity contribution is 5.21. The van der Waals surface area contributed by atoms with Crippen LogP contribution in [0.5, 0.6) is 0 Å². The molecule has 1 rings (SSSR count). The predicted octanol–water partition coefficient (Wildman–Crippen LogP) is 2.85. The summed E-state index contributed by atoms with van der Waals surface area (Å²) >= 11 is 0. The summed E-state index contributed by atoms with van der Waals surface area (Å²) in [5.41, 5.74) is 2.56. The van der Waals surface area contributed by atoms with Gasteiger partial charge in [0.05, 0.1) is 13.2 Å². The van der Waals surface area contributed by atoms with Crippen molar-refractivity contribution < 1.29 is 4.74 Å². The van der Waals surface area contributed by atoms with Gasteiger partial charge in [0.2, 0.25) is 0 Å². The Hall–Kier alpha value is -0.860. The number of ether oxygens (including phenoxy) is 1. The Morgan fingerprint density at radius 2 is 1.94 bits per heavy atom. The van der Waals surface area contributed by atoms with E-state index in [1.165, 1.54) is 11.1 Å². The molecular weight excluding hydrogens is 198 g/mol. The van der Waals surface area contributed by atoms with Gasteiger partial charge in [-0.05, 0) is 25.6 Å². The van der Waals surface area contributed by atoms with E-state index in [4.69, 9.17) is 4.74 Å². The molecule has 0 atom stereocenters. The quantitative estimate of drug-likeness (QED) is 0.656. The molecule has 90 valence electrons. The van der Waals surface area contributed by atoms with Crippen LogP contribution in [0.1, 0.15) is 25.0 Å². The second-order valence-electron chi connectivity index (χ2n) is 4.07. The third-order valence-corrected chi connectivity index (χ3v) is 2.80. The van der Waals surface area contributed by atoms with Crippen molar-refractivity contribution in [2.24, 2.45) is 0 Å². The number of nitrogens with zero attached hydrogens (tertiary/aromatic N) is 1. The van der Waals surface area contributed by atoms with E-state index in [-0.39, 0.29) is 0 Å². The van der Waals surface area contributed by atoms with Crippen molar-refractivity contribution in [3.63, 3.8) is 0 Å². The Bertz CT molecular complexity index is 295. The Balaban J connectivity index is 2.20. The van der Waals surface area contributed by atoms with Crippen LogP contribution in [0.25, 0.3) is 0 Å². The summed E-state index contributed by atoms with van der Waals surface area (Å²) in [5, 5.41) is 0. The number of likely N-dealkylation sites (N-methyl/N-ethyl adjacent to an activating group) is 1. The van der Waals surface area contributed by atoms with Crippen molar-refractivity contribution in [2.45, 2.75) is 27.4 Å². The van der Waals surface area contributed by atoms with Crippen LogP contribution in [0.3, 0.4) is 0 Å². The monoisotopic (exact) mass is 221 g/mol. The average molecular weight is 221 g/mol. The molecule has 2 heteroatoms. The smallest absolute Gasteiger partial charge is 0.0717 e. The molecule has 0 amide bonds. The van der Waals surface area contributed by atoms with Gasteiger partial charge in [-0.25, -0.2) is 0 Å². The van der Waals surface area contributed by atoms with Gasteiger partial charge >= 0.3 is 0 Å². The van der Waals surface area contributed by atoms with Gasteiger partial charge in [-0.2, -0.15) is 0 Å². The second-order valence-corrected chi connectivity index (χ2v) is 4.07. The molecule has 0 aliphatic carbocycles. The molecule has 0 saturated carbocycles. The number of hydrogen-bond acceptors (Lipinski definition) is 2. The summed E-state index contributed by atoms with van der Waals surface area (Å²) in [6, 6.07) is 8.49. The summed E-state index contributed by atoms with van der Waals surface area (Å²) in [6.45, 7) is 11.2. The van der Waals surface area contributed by atoms with Crippen molar-refractivity contribution in [1.29, 1.82) is 0 Å². The zero-order valence-electron chi connectivity index (χ0n) is 10.7. The van der Waals surface area contributed by atoms with E-state index in [9.17, 15) is 0 Å². The minimum Gasteiger partial charge on any atom is -0.375 e. The third kappa shape index (κ3) is 4.77. The molecule has 0 saturated heterocycles. The highest BCUT2D eigenvalue weighted by atomic mass is 16.5. The van der Waals surface area contributed by atoms with E-state index in [1.807, 2.05) is 0 Å². The largest absolute Gasteiger partial charge is 0.375 e. The summed E-state index contributed by atoms with van der Waals surface area (Å²) in [4.78, 5) is 2.37. The summed E-state index contributed by atoms with van der Waals surface area (Å²) < 4.78 is 5.67. The molecular formula is C14H23NO. The van der Waals surface area contributed by atoms with Gasteiger partial charge in [-0.15, -0.1) is 0 Å². The average Bonchev–Trinajstić information content (AvgIpc) is 2.29. The minimum atomic E-state index is 0.725. The Labute approximate surface area is 99.2 Å². The number of benzene rings is 1. The molecule has 1 aromatic rings. The normalized spacial score (nSPS) is 11.0. The first kappa shape index (κ1) is 13.2. The van der Waals surface area contributed by atoms with Gasteiger partial charge in [0.25, 0.3) is 0 Å². The Morgan fingerprint density at radius 1 is 1.19 bits per heavy atom. The van der Waals surface area contributed by atoms with Crippen molar-refractivity contribution in [3.8, 4) is 0 Å². The molecule has 16 heavy (non-hydrogen) atoms. The Kier molecular flexibility index (Phi) is 6.12. The van der Waals surface area contributed by atoms with Crippen LogP contribution in [0.4, 0.5) is 0 Å². The molecule has 0 unspecified atom stereocenters. The van der Waals surface area contributed by atoms with Gasteiger partial charge in [0.15, 0.2) is 0 Å². The van der Waals surface area contributed by atoms with Crippen LogP contribution in [0, 0.1) is 6.92 Å². The van der Waals surface area contributed by atoms with Gasteiger partial charge < -0.3 is 9.64 Å². The van der Waals surface area contributed by atoms with Gasteiger partial charge in [-0.1, -0.05) is 43.7 Å². The lowest BCUT2D eigenvalue weighted by molar-refractivity contribution is 0.0956. The standard InChI is InChI=1S/C14H23NO/c1-4-15(5-2)9-10-16-12-14-8-6-7-13(3)11-14/h6-8,11H,4-5,9-10,12H2,1-3H3. The van der Waals surface area contributed by atoms with Crippen LogP contribution in [0.15, 0.2) is 24.3 Å². The summed E-state index contributed by atoms with van der Waals surface area (Å²) in [5.74, 6) is 0. The molecule has 0 spiro atoms. The molecule has 2 nitrogen and oxygen atoms in total. The fourth-order valence-corrected chi connectivity index (χ4v) is 1.73. The van der Waals surface area contributed by atoms with E-state index in [0.717, 1.165) is 32.8 Å². The van der Waals surface area contributed by atoms with Crippen LogP contribution < -0.4 is 0 Å². The summed E-state index contributed by atoms with van der Waals surface area (Å²) in [6.07, 6.45) is 0.